The number of benzene rings is 1. The highest BCUT2D eigenvalue weighted by atomic mass is 79.9. The lowest BCUT2D eigenvalue weighted by Gasteiger charge is -2.31. The van der Waals surface area contributed by atoms with Crippen LogP contribution >= 0.6 is 55.1 Å². The largest absolute Gasteiger partial charge is 0.489 e. The Balaban J connectivity index is 2.11. The van der Waals surface area contributed by atoms with Crippen molar-refractivity contribution in [2.24, 2.45) is 0 Å². The van der Waals surface area contributed by atoms with Gasteiger partial charge in [0.15, 0.2) is 0 Å². The number of hydrogen-bond acceptors (Lipinski definition) is 1. The zero-order valence-electron chi connectivity index (χ0n) is 7.64. The van der Waals surface area contributed by atoms with Gasteiger partial charge in [0.1, 0.15) is 11.9 Å². The lowest BCUT2D eigenvalue weighted by molar-refractivity contribution is 0.128. The van der Waals surface area contributed by atoms with E-state index in [2.05, 4.69) is 31.9 Å². The first-order valence-electron chi connectivity index (χ1n) is 4.51. The topological polar surface area (TPSA) is 9.23 Å². The summed E-state index contributed by atoms with van der Waals surface area (Å²) in [6, 6.07) is 3.50. The van der Waals surface area contributed by atoms with Crippen LogP contribution in [0, 0.1) is 0 Å². The van der Waals surface area contributed by atoms with E-state index in [9.17, 15) is 0 Å². The third-order valence-electron chi connectivity index (χ3n) is 2.31. The van der Waals surface area contributed by atoms with Gasteiger partial charge in [-0.3, -0.25) is 0 Å². The zero-order chi connectivity index (χ0) is 11.0. The van der Waals surface area contributed by atoms with Crippen LogP contribution in [0.4, 0.5) is 0 Å². The fourth-order valence-electron chi connectivity index (χ4n) is 1.37. The van der Waals surface area contributed by atoms with E-state index in [1.165, 1.54) is 0 Å². The van der Waals surface area contributed by atoms with Crippen molar-refractivity contribution in [1.82, 2.24) is 0 Å². The van der Waals surface area contributed by atoms with Crippen LogP contribution in [0.5, 0.6) is 5.75 Å². The average Bonchev–Trinajstić information content (AvgIpc) is 2.11. The predicted molar refractivity (Wildman–Crippen MR) is 70.5 cm³/mol. The summed E-state index contributed by atoms with van der Waals surface area (Å²) in [5.41, 5.74) is 0. The summed E-state index contributed by atoms with van der Waals surface area (Å²) in [5, 5.41) is 1.20. The molecule has 2 rings (SSSR count). The quantitative estimate of drug-likeness (QED) is 0.519. The molecule has 0 saturated heterocycles. The first kappa shape index (κ1) is 12.0. The molecule has 0 N–H and O–H groups in total. The summed E-state index contributed by atoms with van der Waals surface area (Å²) >= 11 is 18.8. The Morgan fingerprint density at radius 2 is 1.87 bits per heavy atom. The minimum atomic E-state index is 0.254. The number of rotatable bonds is 2. The fourth-order valence-corrected chi connectivity index (χ4v) is 3.04. The molecule has 1 saturated carbocycles. The Morgan fingerprint density at radius 1 is 1.20 bits per heavy atom. The van der Waals surface area contributed by atoms with Gasteiger partial charge in [-0.25, -0.2) is 0 Å². The third-order valence-corrected chi connectivity index (χ3v) is 4.55. The first-order valence-corrected chi connectivity index (χ1v) is 6.98. The van der Waals surface area contributed by atoms with Crippen molar-refractivity contribution in [2.75, 3.05) is 0 Å². The maximum Gasteiger partial charge on any atom is 0.139 e. The van der Waals surface area contributed by atoms with Crippen LogP contribution in [0.25, 0.3) is 0 Å². The molecule has 0 heterocycles. The number of ether oxygens (including phenoxy) is 1. The van der Waals surface area contributed by atoms with Gasteiger partial charge >= 0.3 is 0 Å². The van der Waals surface area contributed by atoms with Crippen LogP contribution < -0.4 is 4.74 Å². The first-order chi connectivity index (χ1) is 7.06. The number of hydrogen-bond donors (Lipinski definition) is 0. The molecule has 1 aliphatic carbocycles. The number of alkyl halides is 1. The van der Waals surface area contributed by atoms with Crippen LogP contribution in [0.3, 0.4) is 0 Å². The molecule has 0 radical (unpaired) electrons. The van der Waals surface area contributed by atoms with Crippen molar-refractivity contribution in [1.29, 1.82) is 0 Å². The fraction of sp³-hybridized carbons (Fsp3) is 0.400. The SMILES string of the molecule is Clc1cc(OC2CC(Br)C2)c(Cl)cc1Br. The van der Waals surface area contributed by atoms with Gasteiger partial charge in [-0.1, -0.05) is 39.1 Å². The molecule has 0 atom stereocenters. The van der Waals surface area contributed by atoms with Gasteiger partial charge in [0.25, 0.3) is 0 Å². The average molecular weight is 375 g/mol. The molecule has 1 aliphatic rings. The van der Waals surface area contributed by atoms with Gasteiger partial charge in [0.2, 0.25) is 0 Å². The summed E-state index contributed by atoms with van der Waals surface area (Å²) < 4.78 is 6.51. The second kappa shape index (κ2) is 4.82. The second-order valence-corrected chi connectivity index (χ2v) is 6.47. The van der Waals surface area contributed by atoms with Gasteiger partial charge in [-0.15, -0.1) is 0 Å². The van der Waals surface area contributed by atoms with Gasteiger partial charge in [0, 0.05) is 15.4 Å². The molecule has 0 aromatic heterocycles. The van der Waals surface area contributed by atoms with Crippen molar-refractivity contribution < 1.29 is 4.74 Å². The molecule has 82 valence electrons. The molecule has 0 bridgehead atoms. The van der Waals surface area contributed by atoms with Crippen molar-refractivity contribution in [3.05, 3.63) is 26.7 Å². The van der Waals surface area contributed by atoms with E-state index in [1.54, 1.807) is 12.1 Å². The van der Waals surface area contributed by atoms with Gasteiger partial charge in [-0.2, -0.15) is 0 Å². The minimum absolute atomic E-state index is 0.254. The molecule has 0 spiro atoms. The molecule has 1 aromatic carbocycles. The highest BCUT2D eigenvalue weighted by Crippen LogP contribution is 2.37. The molecular weight excluding hydrogens is 367 g/mol. The highest BCUT2D eigenvalue weighted by molar-refractivity contribution is 9.10. The van der Waals surface area contributed by atoms with Crippen LogP contribution in [-0.2, 0) is 0 Å². The van der Waals surface area contributed by atoms with Crippen LogP contribution in [-0.4, -0.2) is 10.9 Å². The van der Waals surface area contributed by atoms with Gasteiger partial charge in [0.05, 0.1) is 10.0 Å². The van der Waals surface area contributed by atoms with E-state index in [-0.39, 0.29) is 6.10 Å². The Bertz CT molecular complexity index is 378. The maximum atomic E-state index is 6.04. The Labute approximate surface area is 115 Å². The summed E-state index contributed by atoms with van der Waals surface area (Å²) in [6.07, 6.45) is 2.29. The normalized spacial score (nSPS) is 24.8. The zero-order valence-corrected chi connectivity index (χ0v) is 12.3. The molecule has 0 amide bonds. The molecule has 0 unspecified atom stereocenters. The lowest BCUT2D eigenvalue weighted by atomic mass is 9.96. The Kier molecular flexibility index (Phi) is 3.87. The Hall–Kier alpha value is 0.560. The standard InChI is InChI=1S/C10H8Br2Cl2O/c11-5-1-6(2-5)15-10-4-8(13)7(12)3-9(10)14/h3-6H,1-2H2. The van der Waals surface area contributed by atoms with E-state index >= 15 is 0 Å². The van der Waals surface area contributed by atoms with Gasteiger partial charge in [-0.05, 0) is 34.8 Å². The molecule has 15 heavy (non-hydrogen) atoms. The highest BCUT2D eigenvalue weighted by Gasteiger charge is 2.29. The molecule has 0 aliphatic heterocycles. The predicted octanol–water partition coefficient (Wildman–Crippen LogP) is 5.06. The van der Waals surface area contributed by atoms with Crippen molar-refractivity contribution in [3.63, 3.8) is 0 Å². The van der Waals surface area contributed by atoms with E-state index in [0.29, 0.717) is 20.6 Å². The maximum absolute atomic E-state index is 6.04. The van der Waals surface area contributed by atoms with Crippen molar-refractivity contribution >= 4 is 55.1 Å². The monoisotopic (exact) mass is 372 g/mol. The third kappa shape index (κ3) is 2.82. The molecule has 1 nitrogen and oxygen atoms in total. The minimum Gasteiger partial charge on any atom is -0.489 e. The van der Waals surface area contributed by atoms with Crippen LogP contribution in [0.1, 0.15) is 12.8 Å². The Morgan fingerprint density at radius 3 is 2.47 bits per heavy atom. The summed E-state index contributed by atoms with van der Waals surface area (Å²) in [5.74, 6) is 0.661. The summed E-state index contributed by atoms with van der Waals surface area (Å²) in [6.45, 7) is 0. The second-order valence-electron chi connectivity index (χ2n) is 3.51. The van der Waals surface area contributed by atoms with E-state index in [1.807, 2.05) is 0 Å². The van der Waals surface area contributed by atoms with E-state index in [4.69, 9.17) is 27.9 Å². The lowest BCUT2D eigenvalue weighted by Crippen LogP contribution is -2.34. The number of halogens is 4. The smallest absolute Gasteiger partial charge is 0.139 e. The molecule has 1 fully saturated rings. The van der Waals surface area contributed by atoms with Gasteiger partial charge < -0.3 is 4.74 Å². The summed E-state index contributed by atoms with van der Waals surface area (Å²) in [4.78, 5) is 0.576. The summed E-state index contributed by atoms with van der Waals surface area (Å²) in [7, 11) is 0. The molecule has 5 heteroatoms. The van der Waals surface area contributed by atoms with Crippen molar-refractivity contribution in [3.8, 4) is 5.75 Å². The van der Waals surface area contributed by atoms with Crippen molar-refractivity contribution in [2.45, 2.75) is 23.8 Å². The molecular formula is C10H8Br2Cl2O. The van der Waals surface area contributed by atoms with E-state index in [0.717, 1.165) is 17.3 Å². The van der Waals surface area contributed by atoms with Crippen LogP contribution in [0.15, 0.2) is 16.6 Å². The van der Waals surface area contributed by atoms with Crippen LogP contribution in [0.2, 0.25) is 10.0 Å². The van der Waals surface area contributed by atoms with E-state index < -0.39 is 0 Å². The molecule has 1 aromatic rings.